The van der Waals surface area contributed by atoms with Crippen molar-refractivity contribution >= 4 is 15.9 Å². The fraction of sp³-hybridized carbons (Fsp3) is 0.692. The van der Waals surface area contributed by atoms with E-state index < -0.39 is 0 Å². The van der Waals surface area contributed by atoms with E-state index in [1.165, 1.54) is 12.8 Å². The summed E-state index contributed by atoms with van der Waals surface area (Å²) in [5, 5.41) is 0. The number of aryl methyl sites for hydroxylation is 2. The van der Waals surface area contributed by atoms with Gasteiger partial charge in [0.05, 0.1) is 15.9 Å². The first-order valence-corrected chi connectivity index (χ1v) is 6.57. The van der Waals surface area contributed by atoms with Crippen LogP contribution < -0.4 is 0 Å². The summed E-state index contributed by atoms with van der Waals surface area (Å²) in [7, 11) is 0. The first kappa shape index (κ1) is 15.6. The monoisotopic (exact) mass is 286 g/mol. The van der Waals surface area contributed by atoms with Crippen LogP contribution in [-0.4, -0.2) is 9.97 Å². The fourth-order valence-electron chi connectivity index (χ4n) is 0.827. The van der Waals surface area contributed by atoms with Gasteiger partial charge < -0.3 is 0 Å². The lowest BCUT2D eigenvalue weighted by molar-refractivity contribution is 0.338. The molecule has 0 radical (unpaired) electrons. The standard InChI is InChI=1S/C7H16.C6H7BrN2/c1-5-7(3,4)6-2;1-4-6(7)5(2)9-3-8-4/h5-6H2,1-4H3;3H,1-2H3. The van der Waals surface area contributed by atoms with Crippen molar-refractivity contribution in [2.75, 3.05) is 0 Å². The van der Waals surface area contributed by atoms with Crippen molar-refractivity contribution in [2.24, 2.45) is 5.41 Å². The molecule has 0 saturated carbocycles. The van der Waals surface area contributed by atoms with Crippen molar-refractivity contribution in [3.8, 4) is 0 Å². The van der Waals surface area contributed by atoms with E-state index in [-0.39, 0.29) is 0 Å². The Morgan fingerprint density at radius 2 is 1.44 bits per heavy atom. The predicted octanol–water partition coefficient (Wildman–Crippen LogP) is 4.69. The Labute approximate surface area is 108 Å². The molecule has 0 unspecified atom stereocenters. The summed E-state index contributed by atoms with van der Waals surface area (Å²) in [6.45, 7) is 13.0. The Morgan fingerprint density at radius 3 is 1.62 bits per heavy atom. The first-order chi connectivity index (χ1) is 7.34. The second-order valence-electron chi connectivity index (χ2n) is 4.73. The Kier molecular flexibility index (Phi) is 6.81. The van der Waals surface area contributed by atoms with E-state index in [4.69, 9.17) is 0 Å². The number of aromatic nitrogens is 2. The van der Waals surface area contributed by atoms with Crippen LogP contribution in [0.5, 0.6) is 0 Å². The Balaban J connectivity index is 0.000000293. The number of rotatable bonds is 2. The van der Waals surface area contributed by atoms with Gasteiger partial charge >= 0.3 is 0 Å². The maximum Gasteiger partial charge on any atom is 0.115 e. The number of hydrogen-bond donors (Lipinski definition) is 0. The third-order valence-corrected chi connectivity index (χ3v) is 4.20. The van der Waals surface area contributed by atoms with Gasteiger partial charge in [0.25, 0.3) is 0 Å². The maximum atomic E-state index is 3.98. The molecule has 0 aliphatic rings. The average molecular weight is 287 g/mol. The van der Waals surface area contributed by atoms with Gasteiger partial charge in [0.15, 0.2) is 0 Å². The van der Waals surface area contributed by atoms with Crippen LogP contribution in [0.3, 0.4) is 0 Å². The highest BCUT2D eigenvalue weighted by molar-refractivity contribution is 9.10. The van der Waals surface area contributed by atoms with Gasteiger partial charge in [-0.2, -0.15) is 0 Å². The Hall–Kier alpha value is -0.440. The lowest BCUT2D eigenvalue weighted by atomic mass is 9.88. The van der Waals surface area contributed by atoms with Crippen LogP contribution in [0.2, 0.25) is 0 Å². The van der Waals surface area contributed by atoms with E-state index in [0.29, 0.717) is 5.41 Å². The van der Waals surface area contributed by atoms with E-state index in [9.17, 15) is 0 Å². The molecule has 3 heteroatoms. The summed E-state index contributed by atoms with van der Waals surface area (Å²) in [4.78, 5) is 7.96. The molecule has 0 saturated heterocycles. The third kappa shape index (κ3) is 5.59. The van der Waals surface area contributed by atoms with Crippen LogP contribution in [-0.2, 0) is 0 Å². The smallest absolute Gasteiger partial charge is 0.115 e. The number of nitrogens with zero attached hydrogens (tertiary/aromatic N) is 2. The van der Waals surface area contributed by atoms with Gasteiger partial charge in [0.2, 0.25) is 0 Å². The Morgan fingerprint density at radius 1 is 1.06 bits per heavy atom. The van der Waals surface area contributed by atoms with E-state index in [2.05, 4.69) is 53.6 Å². The topological polar surface area (TPSA) is 25.8 Å². The summed E-state index contributed by atoms with van der Waals surface area (Å²) < 4.78 is 1.00. The normalized spacial score (nSPS) is 10.7. The van der Waals surface area contributed by atoms with Gasteiger partial charge in [0.1, 0.15) is 6.33 Å². The summed E-state index contributed by atoms with van der Waals surface area (Å²) in [6.07, 6.45) is 4.16. The minimum Gasteiger partial charge on any atom is -0.241 e. The molecule has 1 heterocycles. The third-order valence-electron chi connectivity index (χ3n) is 3.05. The molecule has 0 fully saturated rings. The number of halogens is 1. The van der Waals surface area contributed by atoms with Crippen molar-refractivity contribution < 1.29 is 0 Å². The molecule has 0 N–H and O–H groups in total. The van der Waals surface area contributed by atoms with Crippen LogP contribution in [0.25, 0.3) is 0 Å². The molecule has 0 bridgehead atoms. The molecular weight excluding hydrogens is 264 g/mol. The van der Waals surface area contributed by atoms with Crippen LogP contribution in [0.1, 0.15) is 51.9 Å². The summed E-state index contributed by atoms with van der Waals surface area (Å²) in [6, 6.07) is 0. The minimum atomic E-state index is 0.583. The zero-order chi connectivity index (χ0) is 12.8. The molecule has 92 valence electrons. The van der Waals surface area contributed by atoms with E-state index in [1.54, 1.807) is 6.33 Å². The van der Waals surface area contributed by atoms with Crippen molar-refractivity contribution in [3.63, 3.8) is 0 Å². The second-order valence-corrected chi connectivity index (χ2v) is 5.52. The zero-order valence-corrected chi connectivity index (χ0v) is 12.8. The van der Waals surface area contributed by atoms with E-state index in [1.807, 2.05) is 13.8 Å². The SMILES string of the molecule is CCC(C)(C)CC.Cc1ncnc(C)c1Br. The first-order valence-electron chi connectivity index (χ1n) is 5.77. The number of hydrogen-bond acceptors (Lipinski definition) is 2. The molecular formula is C13H23BrN2. The molecule has 16 heavy (non-hydrogen) atoms. The van der Waals surface area contributed by atoms with Crippen LogP contribution in [0, 0.1) is 19.3 Å². The largest absolute Gasteiger partial charge is 0.241 e. The zero-order valence-electron chi connectivity index (χ0n) is 11.3. The predicted molar refractivity (Wildman–Crippen MR) is 73.6 cm³/mol. The van der Waals surface area contributed by atoms with Crippen molar-refractivity contribution in [1.82, 2.24) is 9.97 Å². The van der Waals surface area contributed by atoms with Gasteiger partial charge in [0, 0.05) is 0 Å². The van der Waals surface area contributed by atoms with E-state index >= 15 is 0 Å². The molecule has 1 aromatic rings. The fourth-order valence-corrected chi connectivity index (χ4v) is 1.03. The van der Waals surface area contributed by atoms with Crippen LogP contribution in [0.4, 0.5) is 0 Å². The van der Waals surface area contributed by atoms with Gasteiger partial charge in [-0.3, -0.25) is 0 Å². The molecule has 1 aromatic heterocycles. The van der Waals surface area contributed by atoms with Gasteiger partial charge in [-0.1, -0.05) is 40.5 Å². The summed E-state index contributed by atoms with van der Waals surface area (Å²) in [5.74, 6) is 0. The second kappa shape index (κ2) is 7.00. The highest BCUT2D eigenvalue weighted by Gasteiger charge is 2.09. The molecule has 0 aromatic carbocycles. The van der Waals surface area contributed by atoms with Crippen LogP contribution >= 0.6 is 15.9 Å². The molecule has 0 aliphatic carbocycles. The molecule has 0 aliphatic heterocycles. The van der Waals surface area contributed by atoms with Crippen LogP contribution in [0.15, 0.2) is 10.8 Å². The highest BCUT2D eigenvalue weighted by atomic mass is 79.9. The lowest BCUT2D eigenvalue weighted by Gasteiger charge is -2.18. The summed E-state index contributed by atoms with van der Waals surface area (Å²) >= 11 is 3.35. The quantitative estimate of drug-likeness (QED) is 0.788. The molecule has 2 nitrogen and oxygen atoms in total. The van der Waals surface area contributed by atoms with Crippen molar-refractivity contribution in [1.29, 1.82) is 0 Å². The van der Waals surface area contributed by atoms with Gasteiger partial charge in [-0.15, -0.1) is 0 Å². The molecule has 0 atom stereocenters. The maximum absolute atomic E-state index is 3.98. The van der Waals surface area contributed by atoms with Crippen molar-refractivity contribution in [3.05, 3.63) is 22.2 Å². The molecule has 1 rings (SSSR count). The van der Waals surface area contributed by atoms with Gasteiger partial charge in [-0.25, -0.2) is 9.97 Å². The summed E-state index contributed by atoms with van der Waals surface area (Å²) in [5.41, 5.74) is 2.56. The highest BCUT2D eigenvalue weighted by Crippen LogP contribution is 2.22. The lowest BCUT2D eigenvalue weighted by Crippen LogP contribution is -2.05. The average Bonchev–Trinajstić information content (AvgIpc) is 2.27. The van der Waals surface area contributed by atoms with E-state index in [0.717, 1.165) is 15.9 Å². The molecule has 0 amide bonds. The van der Waals surface area contributed by atoms with Gasteiger partial charge in [-0.05, 0) is 35.2 Å². The minimum absolute atomic E-state index is 0.583. The van der Waals surface area contributed by atoms with Crippen molar-refractivity contribution in [2.45, 2.75) is 54.4 Å². The Bertz CT molecular complexity index is 295. The molecule has 0 spiro atoms.